The zero-order chi connectivity index (χ0) is 13.3. The largest absolute Gasteiger partial charge is 0.416 e. The first kappa shape index (κ1) is 14.2. The molecule has 0 aliphatic heterocycles. The van der Waals surface area contributed by atoms with Gasteiger partial charge in [-0.1, -0.05) is 0 Å². The molecule has 0 radical (unpaired) electrons. The van der Waals surface area contributed by atoms with Gasteiger partial charge >= 0.3 is 12.4 Å². The van der Waals surface area contributed by atoms with E-state index in [1.165, 1.54) is 7.05 Å². The first-order valence-corrected chi connectivity index (χ1v) is 5.09. The highest BCUT2D eigenvalue weighted by Gasteiger charge is 2.36. The van der Waals surface area contributed by atoms with E-state index in [1.807, 2.05) is 0 Å². The van der Waals surface area contributed by atoms with Gasteiger partial charge in [-0.05, 0) is 37.2 Å². The summed E-state index contributed by atoms with van der Waals surface area (Å²) in [5.41, 5.74) is -2.63. The van der Waals surface area contributed by atoms with E-state index in [4.69, 9.17) is 0 Å². The van der Waals surface area contributed by atoms with Gasteiger partial charge in [-0.2, -0.15) is 26.3 Å². The number of halogens is 6. The third-order valence-corrected chi connectivity index (χ3v) is 2.46. The lowest BCUT2D eigenvalue weighted by Crippen LogP contribution is -2.11. The van der Waals surface area contributed by atoms with Gasteiger partial charge in [0.2, 0.25) is 0 Å². The van der Waals surface area contributed by atoms with Gasteiger partial charge in [0.15, 0.2) is 0 Å². The smallest absolute Gasteiger partial charge is 0.263 e. The highest BCUT2D eigenvalue weighted by atomic mass is 32.2. The van der Waals surface area contributed by atoms with Crippen molar-refractivity contribution in [1.29, 1.82) is 0 Å². The molecule has 17 heavy (non-hydrogen) atoms. The average molecular weight is 275 g/mol. The first-order chi connectivity index (χ1) is 7.64. The summed E-state index contributed by atoms with van der Waals surface area (Å²) in [6.07, 6.45) is -9.60. The number of benzene rings is 1. The van der Waals surface area contributed by atoms with Crippen molar-refractivity contribution in [3.8, 4) is 0 Å². The maximum atomic E-state index is 12.4. The van der Waals surface area contributed by atoms with Crippen molar-refractivity contribution in [2.75, 3.05) is 7.05 Å². The lowest BCUT2D eigenvalue weighted by Gasteiger charge is -2.13. The van der Waals surface area contributed by atoms with Crippen molar-refractivity contribution in [1.82, 2.24) is 4.72 Å². The van der Waals surface area contributed by atoms with Crippen LogP contribution in [0.1, 0.15) is 11.1 Å². The van der Waals surface area contributed by atoms with Crippen molar-refractivity contribution in [2.45, 2.75) is 17.2 Å². The molecule has 0 heterocycles. The molecule has 1 N–H and O–H groups in total. The van der Waals surface area contributed by atoms with Crippen LogP contribution in [0.4, 0.5) is 26.3 Å². The van der Waals surface area contributed by atoms with Crippen molar-refractivity contribution < 1.29 is 26.3 Å². The van der Waals surface area contributed by atoms with Crippen molar-refractivity contribution in [3.63, 3.8) is 0 Å². The summed E-state index contributed by atoms with van der Waals surface area (Å²) in [4.78, 5) is -0.144. The van der Waals surface area contributed by atoms with Crippen molar-refractivity contribution in [3.05, 3.63) is 29.3 Å². The van der Waals surface area contributed by atoms with Gasteiger partial charge in [-0.3, -0.25) is 4.72 Å². The van der Waals surface area contributed by atoms with Crippen LogP contribution in [0.3, 0.4) is 0 Å². The minimum Gasteiger partial charge on any atom is -0.263 e. The Balaban J connectivity index is 3.29. The maximum Gasteiger partial charge on any atom is 0.416 e. The Morgan fingerprint density at radius 2 is 1.29 bits per heavy atom. The fourth-order valence-electron chi connectivity index (χ4n) is 1.10. The van der Waals surface area contributed by atoms with Gasteiger partial charge in [0.05, 0.1) is 11.1 Å². The van der Waals surface area contributed by atoms with Gasteiger partial charge in [0.25, 0.3) is 0 Å². The van der Waals surface area contributed by atoms with Crippen LogP contribution in [0, 0.1) is 0 Å². The van der Waals surface area contributed by atoms with Gasteiger partial charge in [0, 0.05) is 4.90 Å². The molecule has 1 aromatic carbocycles. The molecule has 0 unspecified atom stereocenters. The van der Waals surface area contributed by atoms with E-state index in [0.717, 1.165) is 0 Å². The number of rotatable bonds is 2. The number of hydrogen-bond acceptors (Lipinski definition) is 2. The van der Waals surface area contributed by atoms with E-state index in [1.54, 1.807) is 0 Å². The van der Waals surface area contributed by atoms with E-state index in [2.05, 4.69) is 4.72 Å². The predicted octanol–water partition coefficient (Wildman–Crippen LogP) is 3.95. The van der Waals surface area contributed by atoms with Crippen LogP contribution in [0.15, 0.2) is 23.1 Å². The Morgan fingerprint density at radius 3 is 1.59 bits per heavy atom. The van der Waals surface area contributed by atoms with Crippen LogP contribution in [-0.2, 0) is 12.4 Å². The van der Waals surface area contributed by atoms with Crippen LogP contribution in [0.5, 0.6) is 0 Å². The lowest BCUT2D eigenvalue weighted by molar-refractivity contribution is -0.143. The van der Waals surface area contributed by atoms with Gasteiger partial charge < -0.3 is 0 Å². The minimum absolute atomic E-state index is 0.0969. The second-order valence-corrected chi connectivity index (χ2v) is 4.13. The fraction of sp³-hybridized carbons (Fsp3) is 0.333. The molecule has 0 aliphatic rings. The average Bonchev–Trinajstić information content (AvgIpc) is 2.15. The molecule has 0 atom stereocenters. The zero-order valence-electron chi connectivity index (χ0n) is 8.41. The fourth-order valence-corrected chi connectivity index (χ4v) is 1.71. The van der Waals surface area contributed by atoms with E-state index in [9.17, 15) is 26.3 Å². The molecule has 0 aliphatic carbocycles. The Hall–Kier alpha value is -0.890. The van der Waals surface area contributed by atoms with Crippen molar-refractivity contribution in [2.24, 2.45) is 0 Å². The van der Waals surface area contributed by atoms with Gasteiger partial charge in [-0.25, -0.2) is 0 Å². The second-order valence-electron chi connectivity index (χ2n) is 3.05. The maximum absolute atomic E-state index is 12.4. The summed E-state index contributed by atoms with van der Waals surface area (Å²) in [6, 6.07) is 1.42. The molecule has 1 nitrogen and oxygen atoms in total. The highest BCUT2D eigenvalue weighted by Crippen LogP contribution is 2.37. The predicted molar refractivity (Wildman–Crippen MR) is 51.4 cm³/mol. The first-order valence-electron chi connectivity index (χ1n) is 4.27. The van der Waals surface area contributed by atoms with E-state index in [0.29, 0.717) is 24.1 Å². The number of hydrogen-bond donors (Lipinski definition) is 1. The summed E-state index contributed by atoms with van der Waals surface area (Å²) >= 11 is 0.686. The molecule has 1 aromatic rings. The standard InChI is InChI=1S/C9H7F6NS/c1-16-17-7-3-5(8(10,11)12)2-6(4-7)9(13,14)15/h2-4,16H,1H3. The Morgan fingerprint density at radius 1 is 0.882 bits per heavy atom. The Kier molecular flexibility index (Phi) is 3.98. The molecular formula is C9H7F6NS. The minimum atomic E-state index is -4.80. The highest BCUT2D eigenvalue weighted by molar-refractivity contribution is 7.97. The monoisotopic (exact) mass is 275 g/mol. The molecule has 0 spiro atoms. The molecule has 0 bridgehead atoms. The van der Waals surface area contributed by atoms with Crippen LogP contribution >= 0.6 is 11.9 Å². The summed E-state index contributed by atoms with van der Waals surface area (Å²) < 4.78 is 76.7. The molecular weight excluding hydrogens is 268 g/mol. The second kappa shape index (κ2) is 4.77. The Labute approximate surface area is 97.3 Å². The quantitative estimate of drug-likeness (QED) is 0.648. The summed E-state index contributed by atoms with van der Waals surface area (Å²) in [6.45, 7) is 0. The van der Waals surface area contributed by atoms with Crippen LogP contribution in [0.2, 0.25) is 0 Å². The van der Waals surface area contributed by atoms with E-state index >= 15 is 0 Å². The molecule has 0 saturated heterocycles. The summed E-state index contributed by atoms with van der Waals surface area (Å²) in [7, 11) is 1.40. The Bertz CT molecular complexity index is 365. The molecule has 0 fully saturated rings. The normalized spacial score (nSPS) is 12.9. The molecule has 0 amide bonds. The van der Waals surface area contributed by atoms with Crippen LogP contribution in [-0.4, -0.2) is 7.05 Å². The van der Waals surface area contributed by atoms with Crippen LogP contribution < -0.4 is 4.72 Å². The van der Waals surface area contributed by atoms with Crippen LogP contribution in [0.25, 0.3) is 0 Å². The SMILES string of the molecule is CNSc1cc(C(F)(F)F)cc(C(F)(F)F)c1. The lowest BCUT2D eigenvalue weighted by atomic mass is 10.1. The summed E-state index contributed by atoms with van der Waals surface area (Å²) in [5.74, 6) is 0. The van der Waals surface area contributed by atoms with Gasteiger partial charge in [-0.15, -0.1) is 0 Å². The third-order valence-electron chi connectivity index (χ3n) is 1.78. The molecule has 1 rings (SSSR count). The number of alkyl halides is 6. The molecule has 0 saturated carbocycles. The van der Waals surface area contributed by atoms with E-state index in [-0.39, 0.29) is 11.0 Å². The topological polar surface area (TPSA) is 12.0 Å². The molecule has 8 heteroatoms. The number of nitrogens with one attached hydrogen (secondary N) is 1. The van der Waals surface area contributed by atoms with Gasteiger partial charge in [0.1, 0.15) is 0 Å². The van der Waals surface area contributed by atoms with Crippen molar-refractivity contribution >= 4 is 11.9 Å². The third kappa shape index (κ3) is 3.81. The molecule has 96 valence electrons. The van der Waals surface area contributed by atoms with E-state index < -0.39 is 23.5 Å². The zero-order valence-corrected chi connectivity index (χ0v) is 9.22. The summed E-state index contributed by atoms with van der Waals surface area (Å²) in [5, 5.41) is 0. The molecule has 0 aromatic heterocycles.